The number of rotatable bonds is 8. The largest absolute Gasteiger partial charge is 0.491 e. The third-order valence-electron chi connectivity index (χ3n) is 4.78. The molecule has 2 aromatic carbocycles. The monoisotopic (exact) mass is 398 g/mol. The van der Waals surface area contributed by atoms with Crippen LogP contribution >= 0.6 is 11.6 Å². The highest BCUT2D eigenvalue weighted by Gasteiger charge is 2.42. The van der Waals surface area contributed by atoms with Crippen LogP contribution in [0.25, 0.3) is 0 Å². The van der Waals surface area contributed by atoms with Crippen LogP contribution in [0.1, 0.15) is 12.0 Å². The van der Waals surface area contributed by atoms with Crippen molar-refractivity contribution in [1.29, 1.82) is 0 Å². The Balaban J connectivity index is 1.41. The molecule has 1 aliphatic rings. The maximum atomic E-state index is 6.37. The molecule has 0 saturated carbocycles. The molecule has 4 rings (SSSR count). The van der Waals surface area contributed by atoms with Gasteiger partial charge in [-0.3, -0.25) is 0 Å². The molecule has 146 valence electrons. The van der Waals surface area contributed by atoms with Gasteiger partial charge in [-0.2, -0.15) is 0 Å². The van der Waals surface area contributed by atoms with Gasteiger partial charge in [0.1, 0.15) is 18.5 Å². The van der Waals surface area contributed by atoms with Gasteiger partial charge in [-0.25, -0.2) is 4.98 Å². The summed E-state index contributed by atoms with van der Waals surface area (Å²) in [7, 11) is 0. The van der Waals surface area contributed by atoms with Gasteiger partial charge in [0.05, 0.1) is 19.5 Å². The highest BCUT2D eigenvalue weighted by Crippen LogP contribution is 2.31. The van der Waals surface area contributed by atoms with Crippen LogP contribution in [0.2, 0.25) is 5.02 Å². The van der Waals surface area contributed by atoms with Crippen molar-refractivity contribution in [1.82, 2.24) is 9.55 Å². The highest BCUT2D eigenvalue weighted by molar-refractivity contribution is 6.30. The van der Waals surface area contributed by atoms with Gasteiger partial charge >= 0.3 is 0 Å². The van der Waals surface area contributed by atoms with Crippen LogP contribution in [0.15, 0.2) is 73.3 Å². The van der Waals surface area contributed by atoms with Crippen LogP contribution < -0.4 is 4.74 Å². The standard InChI is InChI=1S/C22H23ClN2O3/c23-19-8-6-18(7-9-19)10-11-22(16-25-13-12-24-17-25)27-15-21(28-22)14-26-20-4-2-1-3-5-20/h1-9,12-13,17,21H,10-11,14-16H2/t21-,22-/m1/s1. The van der Waals surface area contributed by atoms with E-state index in [1.165, 1.54) is 5.56 Å². The Kier molecular flexibility index (Phi) is 5.95. The number of aromatic nitrogens is 2. The second-order valence-electron chi connectivity index (χ2n) is 6.95. The predicted octanol–water partition coefficient (Wildman–Crippen LogP) is 4.36. The smallest absolute Gasteiger partial charge is 0.187 e. The van der Waals surface area contributed by atoms with Crippen molar-refractivity contribution in [3.8, 4) is 5.75 Å². The Morgan fingerprint density at radius 1 is 1.14 bits per heavy atom. The molecule has 0 amide bonds. The Hall–Kier alpha value is -2.34. The third-order valence-corrected chi connectivity index (χ3v) is 5.04. The lowest BCUT2D eigenvalue weighted by molar-refractivity contribution is -0.184. The minimum absolute atomic E-state index is 0.117. The SMILES string of the molecule is Clc1ccc(CC[C@@]2(Cn3ccnc3)OC[C@@H](COc3ccccc3)O2)cc1. The van der Waals surface area contributed by atoms with Crippen molar-refractivity contribution in [2.45, 2.75) is 31.3 Å². The van der Waals surface area contributed by atoms with Crippen LogP contribution in [-0.2, 0) is 22.4 Å². The van der Waals surface area contributed by atoms with Crippen LogP contribution in [0, 0.1) is 0 Å². The van der Waals surface area contributed by atoms with E-state index < -0.39 is 5.79 Å². The van der Waals surface area contributed by atoms with E-state index in [2.05, 4.69) is 4.98 Å². The molecule has 1 aliphatic heterocycles. The average Bonchev–Trinajstić information content (AvgIpc) is 3.38. The van der Waals surface area contributed by atoms with E-state index in [-0.39, 0.29) is 6.10 Å². The molecular formula is C22H23ClN2O3. The first kappa shape index (κ1) is 19.0. The van der Waals surface area contributed by atoms with Crippen LogP contribution in [0.4, 0.5) is 0 Å². The van der Waals surface area contributed by atoms with Crippen LogP contribution in [0.5, 0.6) is 5.75 Å². The van der Waals surface area contributed by atoms with Gasteiger partial charge in [0.25, 0.3) is 0 Å². The molecule has 1 fully saturated rings. The first-order chi connectivity index (χ1) is 13.7. The normalized spacial score (nSPS) is 21.7. The molecule has 5 nitrogen and oxygen atoms in total. The number of para-hydroxylation sites is 1. The van der Waals surface area contributed by atoms with Gasteiger partial charge in [0.15, 0.2) is 5.79 Å². The number of nitrogens with zero attached hydrogens (tertiary/aromatic N) is 2. The van der Waals surface area contributed by atoms with E-state index in [0.717, 1.165) is 23.6 Å². The fraction of sp³-hybridized carbons (Fsp3) is 0.318. The molecule has 0 bridgehead atoms. The number of ether oxygens (including phenoxy) is 3. The summed E-state index contributed by atoms with van der Waals surface area (Å²) >= 11 is 5.99. The zero-order valence-electron chi connectivity index (χ0n) is 15.5. The molecule has 3 aromatic rings. The predicted molar refractivity (Wildman–Crippen MR) is 107 cm³/mol. The lowest BCUT2D eigenvalue weighted by Crippen LogP contribution is -2.37. The molecule has 0 radical (unpaired) electrons. The van der Waals surface area contributed by atoms with E-state index in [4.69, 9.17) is 25.8 Å². The number of benzene rings is 2. The molecule has 2 heterocycles. The van der Waals surface area contributed by atoms with E-state index in [1.807, 2.05) is 65.4 Å². The molecular weight excluding hydrogens is 376 g/mol. The van der Waals surface area contributed by atoms with Crippen molar-refractivity contribution >= 4 is 11.6 Å². The van der Waals surface area contributed by atoms with Crippen LogP contribution in [0.3, 0.4) is 0 Å². The van der Waals surface area contributed by atoms with Crippen molar-refractivity contribution in [3.63, 3.8) is 0 Å². The molecule has 2 atom stereocenters. The zero-order chi connectivity index (χ0) is 19.2. The first-order valence-electron chi connectivity index (χ1n) is 9.41. The summed E-state index contributed by atoms with van der Waals surface area (Å²) < 4.78 is 20.4. The molecule has 0 N–H and O–H groups in total. The number of aryl methyl sites for hydroxylation is 1. The van der Waals surface area contributed by atoms with E-state index in [1.54, 1.807) is 12.5 Å². The van der Waals surface area contributed by atoms with Crippen molar-refractivity contribution in [3.05, 3.63) is 83.9 Å². The lowest BCUT2D eigenvalue weighted by atomic mass is 10.0. The van der Waals surface area contributed by atoms with E-state index >= 15 is 0 Å². The maximum Gasteiger partial charge on any atom is 0.187 e. The minimum Gasteiger partial charge on any atom is -0.491 e. The summed E-state index contributed by atoms with van der Waals surface area (Å²) in [6.07, 6.45) is 6.91. The average molecular weight is 399 g/mol. The molecule has 6 heteroatoms. The zero-order valence-corrected chi connectivity index (χ0v) is 16.3. The summed E-state index contributed by atoms with van der Waals surface area (Å²) in [5.74, 6) is 0.129. The summed E-state index contributed by atoms with van der Waals surface area (Å²) in [5.41, 5.74) is 1.20. The second kappa shape index (κ2) is 8.78. The van der Waals surface area contributed by atoms with Crippen LogP contribution in [-0.4, -0.2) is 34.7 Å². The number of hydrogen-bond acceptors (Lipinski definition) is 4. The molecule has 1 saturated heterocycles. The fourth-order valence-electron chi connectivity index (χ4n) is 3.34. The Labute approximate surface area is 169 Å². The Morgan fingerprint density at radius 2 is 1.96 bits per heavy atom. The quantitative estimate of drug-likeness (QED) is 0.565. The van der Waals surface area contributed by atoms with Gasteiger partial charge in [0, 0.05) is 23.8 Å². The van der Waals surface area contributed by atoms with Crippen molar-refractivity contribution in [2.24, 2.45) is 0 Å². The summed E-state index contributed by atoms with van der Waals surface area (Å²) in [6, 6.07) is 17.7. The van der Waals surface area contributed by atoms with Crippen molar-refractivity contribution in [2.75, 3.05) is 13.2 Å². The van der Waals surface area contributed by atoms with Gasteiger partial charge in [-0.05, 0) is 36.2 Å². The lowest BCUT2D eigenvalue weighted by Gasteiger charge is -2.28. The maximum absolute atomic E-state index is 6.37. The summed E-state index contributed by atoms with van der Waals surface area (Å²) in [6.45, 7) is 1.54. The van der Waals surface area contributed by atoms with Gasteiger partial charge < -0.3 is 18.8 Å². The third kappa shape index (κ3) is 4.93. The summed E-state index contributed by atoms with van der Waals surface area (Å²) in [4.78, 5) is 4.13. The van der Waals surface area contributed by atoms with E-state index in [0.29, 0.717) is 19.8 Å². The van der Waals surface area contributed by atoms with Gasteiger partial charge in [-0.1, -0.05) is 41.9 Å². The van der Waals surface area contributed by atoms with Gasteiger partial charge in [0.2, 0.25) is 0 Å². The first-order valence-corrected chi connectivity index (χ1v) is 9.78. The molecule has 0 unspecified atom stereocenters. The second-order valence-corrected chi connectivity index (χ2v) is 7.38. The number of hydrogen-bond donors (Lipinski definition) is 0. The number of imidazole rings is 1. The van der Waals surface area contributed by atoms with Crippen molar-refractivity contribution < 1.29 is 14.2 Å². The Bertz CT molecular complexity index is 855. The topological polar surface area (TPSA) is 45.5 Å². The molecule has 0 aliphatic carbocycles. The highest BCUT2D eigenvalue weighted by atomic mass is 35.5. The molecule has 1 aromatic heterocycles. The minimum atomic E-state index is -0.703. The molecule has 0 spiro atoms. The van der Waals surface area contributed by atoms with E-state index in [9.17, 15) is 0 Å². The fourth-order valence-corrected chi connectivity index (χ4v) is 3.47. The number of halogens is 1. The Morgan fingerprint density at radius 3 is 2.71 bits per heavy atom. The summed E-state index contributed by atoms with van der Waals surface area (Å²) in [5, 5.41) is 0.739. The van der Waals surface area contributed by atoms with Gasteiger partial charge in [-0.15, -0.1) is 0 Å². The molecule has 28 heavy (non-hydrogen) atoms.